The lowest BCUT2D eigenvalue weighted by Crippen LogP contribution is -1.86. The van der Waals surface area contributed by atoms with Crippen molar-refractivity contribution in [3.8, 4) is 6.07 Å². The van der Waals surface area contributed by atoms with E-state index >= 15 is 0 Å². The number of hydrogen-bond acceptors (Lipinski definition) is 2. The van der Waals surface area contributed by atoms with Crippen LogP contribution in [0.15, 0.2) is 24.4 Å². The summed E-state index contributed by atoms with van der Waals surface area (Å²) in [5.74, 6) is 0. The number of aromatic nitrogens is 1. The molecule has 0 saturated heterocycles. The summed E-state index contributed by atoms with van der Waals surface area (Å²) in [4.78, 5) is 4.16. The topological polar surface area (TPSA) is 36.7 Å². The zero-order valence-electron chi connectivity index (χ0n) is 7.58. The molecule has 0 aliphatic rings. The van der Waals surface area contributed by atoms with Gasteiger partial charge in [-0.2, -0.15) is 5.26 Å². The van der Waals surface area contributed by atoms with Crippen LogP contribution in [0.5, 0.6) is 0 Å². The predicted molar refractivity (Wildman–Crippen MR) is 56.2 cm³/mol. The maximum atomic E-state index is 8.84. The number of nitriles is 1. The lowest BCUT2D eigenvalue weighted by atomic mass is 10.1. The molecule has 68 valence electrons. The van der Waals surface area contributed by atoms with E-state index in [0.29, 0.717) is 10.6 Å². The molecule has 1 aromatic heterocycles. The fraction of sp³-hybridized carbons (Fsp3) is 0.0909. The van der Waals surface area contributed by atoms with Gasteiger partial charge in [0.1, 0.15) is 0 Å². The Bertz CT molecular complexity index is 541. The van der Waals surface area contributed by atoms with Gasteiger partial charge < -0.3 is 0 Å². The summed E-state index contributed by atoms with van der Waals surface area (Å²) in [5, 5.41) is 10.4. The number of hydrogen-bond donors (Lipinski definition) is 0. The summed E-state index contributed by atoms with van der Waals surface area (Å²) in [5.41, 5.74) is 2.34. The van der Waals surface area contributed by atoms with Crippen molar-refractivity contribution in [1.29, 1.82) is 5.26 Å². The van der Waals surface area contributed by atoms with Crippen molar-refractivity contribution in [3.63, 3.8) is 0 Å². The van der Waals surface area contributed by atoms with E-state index < -0.39 is 0 Å². The summed E-state index contributed by atoms with van der Waals surface area (Å²) in [6, 6.07) is 7.52. The van der Waals surface area contributed by atoms with E-state index in [1.807, 2.05) is 13.0 Å². The number of halogens is 1. The van der Waals surface area contributed by atoms with Gasteiger partial charge in [0.15, 0.2) is 0 Å². The average molecular weight is 203 g/mol. The number of aryl methyl sites for hydroxylation is 1. The third-order valence-electron chi connectivity index (χ3n) is 2.15. The Hall–Kier alpha value is -1.59. The van der Waals surface area contributed by atoms with E-state index in [1.54, 1.807) is 18.3 Å². The minimum absolute atomic E-state index is 0.646. The third-order valence-corrected chi connectivity index (χ3v) is 2.48. The van der Waals surface area contributed by atoms with Gasteiger partial charge in [-0.25, -0.2) is 0 Å². The normalized spacial score (nSPS) is 10.1. The van der Waals surface area contributed by atoms with Gasteiger partial charge in [-0.05, 0) is 30.7 Å². The molecule has 1 aromatic carbocycles. The molecule has 3 heteroatoms. The van der Waals surface area contributed by atoms with Crippen LogP contribution in [0.4, 0.5) is 0 Å². The zero-order chi connectivity index (χ0) is 10.1. The quantitative estimate of drug-likeness (QED) is 0.658. The van der Waals surface area contributed by atoms with Crippen molar-refractivity contribution in [2.24, 2.45) is 0 Å². The molecule has 0 aliphatic heterocycles. The van der Waals surface area contributed by atoms with E-state index in [-0.39, 0.29) is 0 Å². The lowest BCUT2D eigenvalue weighted by molar-refractivity contribution is 1.37. The van der Waals surface area contributed by atoms with Gasteiger partial charge in [-0.15, -0.1) is 0 Å². The summed E-state index contributed by atoms with van der Waals surface area (Å²) in [6.45, 7) is 1.89. The standard InChI is InChI=1S/C11H7ClN2/c1-7-4-9-10(12)2-3-14-11(9)5-8(7)6-13/h2-5H,1H3. The molecule has 14 heavy (non-hydrogen) atoms. The molecular weight excluding hydrogens is 196 g/mol. The smallest absolute Gasteiger partial charge is 0.0995 e. The van der Waals surface area contributed by atoms with Crippen molar-refractivity contribution in [2.45, 2.75) is 6.92 Å². The number of fused-ring (bicyclic) bond motifs is 1. The maximum absolute atomic E-state index is 8.84. The number of benzene rings is 1. The number of pyridine rings is 1. The lowest BCUT2D eigenvalue weighted by Gasteiger charge is -2.02. The van der Waals surface area contributed by atoms with Crippen molar-refractivity contribution in [3.05, 3.63) is 40.5 Å². The van der Waals surface area contributed by atoms with Crippen LogP contribution in [0, 0.1) is 18.3 Å². The van der Waals surface area contributed by atoms with Gasteiger partial charge in [0.2, 0.25) is 0 Å². The number of nitrogens with zero attached hydrogens (tertiary/aromatic N) is 2. The molecule has 0 aliphatic carbocycles. The molecule has 2 aromatic rings. The van der Waals surface area contributed by atoms with Crippen LogP contribution in [-0.2, 0) is 0 Å². The van der Waals surface area contributed by atoms with E-state index in [1.165, 1.54) is 0 Å². The molecule has 0 amide bonds. The Kier molecular flexibility index (Phi) is 2.11. The summed E-state index contributed by atoms with van der Waals surface area (Å²) in [6.07, 6.45) is 1.64. The molecule has 0 radical (unpaired) electrons. The van der Waals surface area contributed by atoms with Crippen molar-refractivity contribution in [2.75, 3.05) is 0 Å². The van der Waals surface area contributed by atoms with Crippen LogP contribution < -0.4 is 0 Å². The van der Waals surface area contributed by atoms with Crippen LogP contribution in [0.25, 0.3) is 10.9 Å². The maximum Gasteiger partial charge on any atom is 0.0995 e. The molecule has 0 saturated carbocycles. The van der Waals surface area contributed by atoms with E-state index in [9.17, 15) is 0 Å². The molecule has 1 heterocycles. The monoisotopic (exact) mass is 202 g/mol. The van der Waals surface area contributed by atoms with Crippen molar-refractivity contribution in [1.82, 2.24) is 4.98 Å². The summed E-state index contributed by atoms with van der Waals surface area (Å²) < 4.78 is 0. The zero-order valence-corrected chi connectivity index (χ0v) is 8.34. The molecular formula is C11H7ClN2. The molecule has 0 fully saturated rings. The Balaban J connectivity index is 2.88. The first kappa shape index (κ1) is 8.98. The number of rotatable bonds is 0. The minimum atomic E-state index is 0.646. The Morgan fingerprint density at radius 1 is 1.43 bits per heavy atom. The molecule has 2 nitrogen and oxygen atoms in total. The molecule has 2 rings (SSSR count). The van der Waals surface area contributed by atoms with Crippen molar-refractivity contribution >= 4 is 22.5 Å². The van der Waals surface area contributed by atoms with Gasteiger partial charge >= 0.3 is 0 Å². The minimum Gasteiger partial charge on any atom is -0.256 e. The highest BCUT2D eigenvalue weighted by molar-refractivity contribution is 6.35. The second-order valence-electron chi connectivity index (χ2n) is 3.09. The Morgan fingerprint density at radius 2 is 2.21 bits per heavy atom. The highest BCUT2D eigenvalue weighted by Crippen LogP contribution is 2.24. The second-order valence-corrected chi connectivity index (χ2v) is 3.50. The average Bonchev–Trinajstić information content (AvgIpc) is 2.19. The molecule has 0 N–H and O–H groups in total. The van der Waals surface area contributed by atoms with E-state index in [0.717, 1.165) is 16.5 Å². The van der Waals surface area contributed by atoms with Gasteiger partial charge in [-0.1, -0.05) is 11.6 Å². The first-order chi connectivity index (χ1) is 6.72. The molecule has 0 atom stereocenters. The first-order valence-electron chi connectivity index (χ1n) is 4.17. The second kappa shape index (κ2) is 3.28. The molecule has 0 spiro atoms. The van der Waals surface area contributed by atoms with Crippen LogP contribution in [-0.4, -0.2) is 4.98 Å². The van der Waals surface area contributed by atoms with Gasteiger partial charge in [0.25, 0.3) is 0 Å². The largest absolute Gasteiger partial charge is 0.256 e. The fourth-order valence-corrected chi connectivity index (χ4v) is 1.60. The molecule has 0 unspecified atom stereocenters. The highest BCUT2D eigenvalue weighted by atomic mass is 35.5. The Morgan fingerprint density at radius 3 is 2.93 bits per heavy atom. The van der Waals surface area contributed by atoms with E-state index in [4.69, 9.17) is 16.9 Å². The Labute approximate surface area is 86.8 Å². The highest BCUT2D eigenvalue weighted by Gasteiger charge is 2.03. The summed E-state index contributed by atoms with van der Waals surface area (Å²) in [7, 11) is 0. The van der Waals surface area contributed by atoms with Crippen LogP contribution in [0.2, 0.25) is 5.02 Å². The first-order valence-corrected chi connectivity index (χ1v) is 4.55. The summed E-state index contributed by atoms with van der Waals surface area (Å²) >= 11 is 6.00. The van der Waals surface area contributed by atoms with Gasteiger partial charge in [0, 0.05) is 11.6 Å². The molecule has 0 bridgehead atoms. The van der Waals surface area contributed by atoms with E-state index in [2.05, 4.69) is 11.1 Å². The third kappa shape index (κ3) is 1.32. The van der Waals surface area contributed by atoms with Crippen LogP contribution in [0.3, 0.4) is 0 Å². The SMILES string of the molecule is Cc1cc2c(Cl)ccnc2cc1C#N. The van der Waals surface area contributed by atoms with Gasteiger partial charge in [-0.3, -0.25) is 4.98 Å². The van der Waals surface area contributed by atoms with Crippen LogP contribution >= 0.6 is 11.6 Å². The predicted octanol–water partition coefficient (Wildman–Crippen LogP) is 3.07. The van der Waals surface area contributed by atoms with Gasteiger partial charge in [0.05, 0.1) is 22.2 Å². The van der Waals surface area contributed by atoms with Crippen LogP contribution in [0.1, 0.15) is 11.1 Å². The van der Waals surface area contributed by atoms with Crippen molar-refractivity contribution < 1.29 is 0 Å². The fourth-order valence-electron chi connectivity index (χ4n) is 1.39.